The number of pyridine rings is 1. The van der Waals surface area contributed by atoms with Gasteiger partial charge in [-0.15, -0.1) is 0 Å². The maximum Gasteiger partial charge on any atom is 0.246 e. The van der Waals surface area contributed by atoms with Crippen molar-refractivity contribution in [2.75, 3.05) is 13.7 Å². The summed E-state index contributed by atoms with van der Waals surface area (Å²) < 4.78 is 20.3. The molecule has 0 aliphatic heterocycles. The third-order valence-electron chi connectivity index (χ3n) is 4.15. The first-order valence-electron chi connectivity index (χ1n) is 8.10. The molecule has 25 heavy (non-hydrogen) atoms. The normalized spacial score (nSPS) is 12.3. The van der Waals surface area contributed by atoms with Crippen LogP contribution in [0.4, 0.5) is 4.39 Å². The molecule has 3 aromatic rings. The first kappa shape index (κ1) is 17.1. The van der Waals surface area contributed by atoms with Crippen molar-refractivity contribution in [2.24, 2.45) is 0 Å². The lowest BCUT2D eigenvalue weighted by Gasteiger charge is -2.19. The summed E-state index contributed by atoms with van der Waals surface area (Å²) in [5, 5.41) is 3.98. The number of hydrogen-bond acceptors (Lipinski definition) is 3. The molecular formula is C19H20FN3O2. The smallest absolute Gasteiger partial charge is 0.246 e. The summed E-state index contributed by atoms with van der Waals surface area (Å²) in [4.78, 5) is 16.3. The van der Waals surface area contributed by atoms with Crippen molar-refractivity contribution >= 4 is 16.8 Å². The maximum absolute atomic E-state index is 13.3. The summed E-state index contributed by atoms with van der Waals surface area (Å²) in [5.41, 5.74) is 2.74. The van der Waals surface area contributed by atoms with Gasteiger partial charge in [0.05, 0.1) is 17.8 Å². The number of halogens is 1. The highest BCUT2D eigenvalue weighted by Crippen LogP contribution is 2.30. The molecule has 0 aliphatic carbocycles. The SMILES string of the molecule is CCn1cc([C@H](NC(=O)COC)c2ccc(F)cc2)c2ccncc21. The standard InChI is InChI=1S/C19H20FN3O2/c1-3-23-11-16(15-8-9-21-10-17(15)23)19(22-18(24)12-25-2)13-4-6-14(20)7-5-13/h4-11,19H,3,12H2,1-2H3,(H,22,24)/t19-/m1/s1. The molecule has 2 aromatic heterocycles. The molecule has 0 unspecified atom stereocenters. The first-order valence-corrected chi connectivity index (χ1v) is 8.10. The monoisotopic (exact) mass is 341 g/mol. The van der Waals surface area contributed by atoms with E-state index in [1.807, 2.05) is 19.2 Å². The number of aromatic nitrogens is 2. The second-order valence-corrected chi connectivity index (χ2v) is 5.75. The molecule has 0 saturated carbocycles. The van der Waals surface area contributed by atoms with Crippen molar-refractivity contribution in [3.8, 4) is 0 Å². The van der Waals surface area contributed by atoms with Crippen molar-refractivity contribution in [1.29, 1.82) is 0 Å². The number of fused-ring (bicyclic) bond motifs is 1. The summed E-state index contributed by atoms with van der Waals surface area (Å²) in [7, 11) is 1.47. The van der Waals surface area contributed by atoms with E-state index in [-0.39, 0.29) is 18.3 Å². The van der Waals surface area contributed by atoms with Gasteiger partial charge in [-0.25, -0.2) is 4.39 Å². The van der Waals surface area contributed by atoms with Crippen molar-refractivity contribution < 1.29 is 13.9 Å². The van der Waals surface area contributed by atoms with E-state index >= 15 is 0 Å². The minimum Gasteiger partial charge on any atom is -0.375 e. The number of benzene rings is 1. The van der Waals surface area contributed by atoms with Crippen LogP contribution in [0.2, 0.25) is 0 Å². The Morgan fingerprint density at radius 2 is 2.08 bits per heavy atom. The molecule has 2 heterocycles. The fourth-order valence-corrected chi connectivity index (χ4v) is 2.99. The van der Waals surface area contributed by atoms with Crippen LogP contribution >= 0.6 is 0 Å². The Kier molecular flexibility index (Phi) is 5.09. The molecule has 0 fully saturated rings. The molecule has 130 valence electrons. The van der Waals surface area contributed by atoms with Crippen LogP contribution in [0, 0.1) is 5.82 Å². The number of methoxy groups -OCH3 is 1. The van der Waals surface area contributed by atoms with Crippen LogP contribution in [0.15, 0.2) is 48.9 Å². The maximum atomic E-state index is 13.3. The molecule has 0 bridgehead atoms. The number of nitrogens with zero attached hydrogens (tertiary/aromatic N) is 2. The van der Waals surface area contributed by atoms with E-state index < -0.39 is 6.04 Å². The average molecular weight is 341 g/mol. The molecule has 5 nitrogen and oxygen atoms in total. The lowest BCUT2D eigenvalue weighted by Crippen LogP contribution is -2.32. The van der Waals surface area contributed by atoms with Crippen LogP contribution in [0.5, 0.6) is 0 Å². The van der Waals surface area contributed by atoms with Gasteiger partial charge in [0.1, 0.15) is 12.4 Å². The zero-order valence-electron chi connectivity index (χ0n) is 14.2. The molecule has 1 amide bonds. The second kappa shape index (κ2) is 7.44. The molecule has 1 N–H and O–H groups in total. The number of nitrogens with one attached hydrogen (secondary N) is 1. The zero-order valence-corrected chi connectivity index (χ0v) is 14.2. The zero-order chi connectivity index (χ0) is 17.8. The number of carbonyl (C=O) groups excluding carboxylic acids is 1. The predicted molar refractivity (Wildman–Crippen MR) is 93.7 cm³/mol. The van der Waals surface area contributed by atoms with Gasteiger partial charge in [0.15, 0.2) is 0 Å². The van der Waals surface area contributed by atoms with Gasteiger partial charge in [-0.3, -0.25) is 9.78 Å². The van der Waals surface area contributed by atoms with Gasteiger partial charge in [-0.05, 0) is 30.7 Å². The topological polar surface area (TPSA) is 56.2 Å². The van der Waals surface area contributed by atoms with E-state index in [1.54, 1.807) is 24.5 Å². The van der Waals surface area contributed by atoms with Crippen molar-refractivity contribution in [3.63, 3.8) is 0 Å². The molecule has 0 aliphatic rings. The molecule has 0 spiro atoms. The number of amides is 1. The number of ether oxygens (including phenoxy) is 1. The highest BCUT2D eigenvalue weighted by molar-refractivity contribution is 5.85. The summed E-state index contributed by atoms with van der Waals surface area (Å²) in [6.07, 6.45) is 5.54. The lowest BCUT2D eigenvalue weighted by atomic mass is 9.98. The Bertz CT molecular complexity index is 874. The molecular weight excluding hydrogens is 321 g/mol. The average Bonchev–Trinajstić information content (AvgIpc) is 2.99. The molecule has 3 rings (SSSR count). The molecule has 0 radical (unpaired) electrons. The highest BCUT2D eigenvalue weighted by Gasteiger charge is 2.21. The van der Waals surface area contributed by atoms with Crippen molar-refractivity contribution in [1.82, 2.24) is 14.9 Å². The van der Waals surface area contributed by atoms with E-state index in [9.17, 15) is 9.18 Å². The number of rotatable bonds is 6. The summed E-state index contributed by atoms with van der Waals surface area (Å²) in [6, 6.07) is 7.68. The number of aryl methyl sites for hydroxylation is 1. The Morgan fingerprint density at radius 1 is 1.32 bits per heavy atom. The summed E-state index contributed by atoms with van der Waals surface area (Å²) in [6.45, 7) is 2.79. The quantitative estimate of drug-likeness (QED) is 0.750. The second-order valence-electron chi connectivity index (χ2n) is 5.75. The van der Waals surface area contributed by atoms with E-state index in [2.05, 4.69) is 14.9 Å². The van der Waals surface area contributed by atoms with E-state index in [1.165, 1.54) is 19.2 Å². The predicted octanol–water partition coefficient (Wildman–Crippen LogP) is 3.05. The van der Waals surface area contributed by atoms with Gasteiger partial charge in [0, 0.05) is 37.0 Å². The largest absolute Gasteiger partial charge is 0.375 e. The Morgan fingerprint density at radius 3 is 2.76 bits per heavy atom. The van der Waals surface area contributed by atoms with Crippen LogP contribution in [0.3, 0.4) is 0 Å². The van der Waals surface area contributed by atoms with Gasteiger partial charge < -0.3 is 14.6 Å². The highest BCUT2D eigenvalue weighted by atomic mass is 19.1. The Hall–Kier alpha value is -2.73. The van der Waals surface area contributed by atoms with Gasteiger partial charge in [-0.1, -0.05) is 12.1 Å². The van der Waals surface area contributed by atoms with E-state index in [4.69, 9.17) is 4.74 Å². The number of hydrogen-bond donors (Lipinski definition) is 1. The van der Waals surface area contributed by atoms with Crippen molar-refractivity contribution in [2.45, 2.75) is 19.5 Å². The third kappa shape index (κ3) is 3.53. The van der Waals surface area contributed by atoms with Crippen molar-refractivity contribution in [3.05, 3.63) is 65.9 Å². The lowest BCUT2D eigenvalue weighted by molar-refractivity contribution is -0.125. The van der Waals surface area contributed by atoms with Gasteiger partial charge in [-0.2, -0.15) is 0 Å². The third-order valence-corrected chi connectivity index (χ3v) is 4.15. The van der Waals surface area contributed by atoms with Crippen LogP contribution in [-0.2, 0) is 16.1 Å². The van der Waals surface area contributed by atoms with Gasteiger partial charge in [0.2, 0.25) is 5.91 Å². The van der Waals surface area contributed by atoms with E-state index in [0.717, 1.165) is 28.6 Å². The minimum atomic E-state index is -0.402. The molecule has 1 aromatic carbocycles. The van der Waals surface area contributed by atoms with Crippen LogP contribution < -0.4 is 5.32 Å². The van der Waals surface area contributed by atoms with Gasteiger partial charge in [0.25, 0.3) is 0 Å². The van der Waals surface area contributed by atoms with Gasteiger partial charge >= 0.3 is 0 Å². The minimum absolute atomic E-state index is 0.0360. The fraction of sp³-hybridized carbons (Fsp3) is 0.263. The summed E-state index contributed by atoms with van der Waals surface area (Å²) in [5.74, 6) is -0.547. The first-order chi connectivity index (χ1) is 12.1. The van der Waals surface area contributed by atoms with E-state index in [0.29, 0.717) is 0 Å². The molecule has 6 heteroatoms. The molecule has 0 saturated heterocycles. The molecule has 1 atom stereocenters. The number of carbonyl (C=O) groups is 1. The Balaban J connectivity index is 2.11. The Labute approximate surface area is 145 Å². The van der Waals surface area contributed by atoms with Crippen LogP contribution in [0.1, 0.15) is 24.1 Å². The fourth-order valence-electron chi connectivity index (χ4n) is 2.99. The van der Waals surface area contributed by atoms with Crippen LogP contribution in [-0.4, -0.2) is 29.2 Å². The van der Waals surface area contributed by atoms with Crippen LogP contribution in [0.25, 0.3) is 10.9 Å². The summed E-state index contributed by atoms with van der Waals surface area (Å²) >= 11 is 0.